The molecule has 0 spiro atoms. The van der Waals surface area contributed by atoms with Crippen molar-refractivity contribution in [2.75, 3.05) is 25.1 Å². The van der Waals surface area contributed by atoms with Crippen molar-refractivity contribution in [2.24, 2.45) is 5.73 Å². The molecule has 0 fully saturated rings. The lowest BCUT2D eigenvalue weighted by Gasteiger charge is -2.36. The highest BCUT2D eigenvalue weighted by atomic mass is 16.5. The van der Waals surface area contributed by atoms with Crippen LogP contribution in [0.4, 0.5) is 5.69 Å². The molecule has 2 N–H and O–H groups in total. The van der Waals surface area contributed by atoms with Crippen LogP contribution < -0.4 is 15.4 Å². The van der Waals surface area contributed by atoms with Crippen LogP contribution in [0.2, 0.25) is 0 Å². The largest absolute Gasteiger partial charge is 0.494 e. The number of hydrogen-bond donors (Lipinski definition) is 1. The Hall–Kier alpha value is -1.22. The van der Waals surface area contributed by atoms with Crippen LogP contribution in [-0.4, -0.2) is 25.7 Å². The summed E-state index contributed by atoms with van der Waals surface area (Å²) in [7, 11) is 2.07. The fourth-order valence-electron chi connectivity index (χ4n) is 1.65. The van der Waals surface area contributed by atoms with Gasteiger partial charge in [0.05, 0.1) is 6.61 Å². The van der Waals surface area contributed by atoms with E-state index in [9.17, 15) is 0 Å². The van der Waals surface area contributed by atoms with Crippen molar-refractivity contribution in [2.45, 2.75) is 33.2 Å². The molecule has 0 bridgehead atoms. The van der Waals surface area contributed by atoms with E-state index in [1.807, 2.05) is 13.0 Å². The van der Waals surface area contributed by atoms with Gasteiger partial charge >= 0.3 is 0 Å². The van der Waals surface area contributed by atoms with Crippen LogP contribution in [0.1, 0.15) is 26.3 Å². The number of likely N-dealkylation sites (N-methyl/N-ethyl adjacent to an activating group) is 1. The summed E-state index contributed by atoms with van der Waals surface area (Å²) in [5.41, 5.74) is 8.08. The molecule has 0 amide bonds. The predicted molar refractivity (Wildman–Crippen MR) is 73.9 cm³/mol. The van der Waals surface area contributed by atoms with E-state index in [0.29, 0.717) is 13.2 Å². The number of hydrogen-bond acceptors (Lipinski definition) is 3. The molecule has 3 nitrogen and oxygen atoms in total. The summed E-state index contributed by atoms with van der Waals surface area (Å²) in [6, 6.07) is 6.25. The van der Waals surface area contributed by atoms with Crippen molar-refractivity contribution >= 4 is 5.69 Å². The molecular formula is C14H24N2O. The van der Waals surface area contributed by atoms with Gasteiger partial charge in [0.15, 0.2) is 0 Å². The smallest absolute Gasteiger partial charge is 0.122 e. The topological polar surface area (TPSA) is 38.5 Å². The molecule has 0 aliphatic rings. The molecular weight excluding hydrogens is 212 g/mol. The zero-order chi connectivity index (χ0) is 13.1. The van der Waals surface area contributed by atoms with Crippen LogP contribution in [-0.2, 0) is 0 Å². The minimum atomic E-state index is -0.0421. The summed E-state index contributed by atoms with van der Waals surface area (Å²) in [5, 5.41) is 0. The molecule has 1 aromatic rings. The highest BCUT2D eigenvalue weighted by molar-refractivity contribution is 5.54. The second-order valence-corrected chi connectivity index (χ2v) is 4.96. The Kier molecular flexibility index (Phi) is 4.40. The van der Waals surface area contributed by atoms with Crippen molar-refractivity contribution in [3.8, 4) is 5.75 Å². The fourth-order valence-corrected chi connectivity index (χ4v) is 1.65. The van der Waals surface area contributed by atoms with Crippen LogP contribution >= 0.6 is 0 Å². The van der Waals surface area contributed by atoms with Gasteiger partial charge in [0, 0.05) is 24.8 Å². The quantitative estimate of drug-likeness (QED) is 0.854. The monoisotopic (exact) mass is 236 g/mol. The Labute approximate surface area is 105 Å². The summed E-state index contributed by atoms with van der Waals surface area (Å²) in [5.74, 6) is 0.954. The molecule has 1 aromatic carbocycles. The third-order valence-electron chi connectivity index (χ3n) is 3.25. The second-order valence-electron chi connectivity index (χ2n) is 4.96. The number of anilines is 1. The minimum absolute atomic E-state index is 0.0421. The Bertz CT molecular complexity index is 374. The molecule has 0 aliphatic carbocycles. The van der Waals surface area contributed by atoms with E-state index in [0.717, 1.165) is 11.3 Å². The molecule has 0 aromatic heterocycles. The fraction of sp³-hybridized carbons (Fsp3) is 0.571. The van der Waals surface area contributed by atoms with Crippen molar-refractivity contribution < 1.29 is 4.74 Å². The summed E-state index contributed by atoms with van der Waals surface area (Å²) in [4.78, 5) is 2.20. The number of aryl methyl sites for hydroxylation is 1. The van der Waals surface area contributed by atoms with Crippen LogP contribution in [0.5, 0.6) is 5.75 Å². The van der Waals surface area contributed by atoms with Crippen molar-refractivity contribution in [1.29, 1.82) is 0 Å². The molecule has 1 rings (SSSR count). The van der Waals surface area contributed by atoms with Crippen molar-refractivity contribution in [1.82, 2.24) is 0 Å². The number of nitrogens with zero attached hydrogens (tertiary/aromatic N) is 1. The van der Waals surface area contributed by atoms with E-state index in [-0.39, 0.29) is 5.54 Å². The van der Waals surface area contributed by atoms with E-state index in [1.54, 1.807) is 0 Å². The van der Waals surface area contributed by atoms with Crippen LogP contribution in [0.25, 0.3) is 0 Å². The maximum absolute atomic E-state index is 5.79. The van der Waals surface area contributed by atoms with Crippen LogP contribution in [0.15, 0.2) is 18.2 Å². The van der Waals surface area contributed by atoms with E-state index in [2.05, 4.69) is 44.9 Å². The van der Waals surface area contributed by atoms with E-state index in [4.69, 9.17) is 10.5 Å². The number of nitrogens with two attached hydrogens (primary N) is 1. The molecule has 96 valence electrons. The van der Waals surface area contributed by atoms with Crippen LogP contribution in [0.3, 0.4) is 0 Å². The molecule has 0 heterocycles. The van der Waals surface area contributed by atoms with Gasteiger partial charge in [-0.3, -0.25) is 0 Å². The number of ether oxygens (including phenoxy) is 1. The van der Waals surface area contributed by atoms with Crippen molar-refractivity contribution in [3.63, 3.8) is 0 Å². The van der Waals surface area contributed by atoms with Gasteiger partial charge < -0.3 is 15.4 Å². The number of rotatable bonds is 5. The maximum Gasteiger partial charge on any atom is 0.122 e. The third kappa shape index (κ3) is 3.13. The summed E-state index contributed by atoms with van der Waals surface area (Å²) < 4.78 is 5.54. The van der Waals surface area contributed by atoms with Crippen molar-refractivity contribution in [3.05, 3.63) is 23.8 Å². The lowest BCUT2D eigenvalue weighted by atomic mass is 10.0. The van der Waals surface area contributed by atoms with E-state index < -0.39 is 0 Å². The van der Waals surface area contributed by atoms with Gasteiger partial charge in [0.25, 0.3) is 0 Å². The summed E-state index contributed by atoms with van der Waals surface area (Å²) >= 11 is 0. The average molecular weight is 236 g/mol. The number of benzene rings is 1. The Morgan fingerprint density at radius 1 is 1.35 bits per heavy atom. The van der Waals surface area contributed by atoms with Gasteiger partial charge in [0.2, 0.25) is 0 Å². The second kappa shape index (κ2) is 5.41. The zero-order valence-electron chi connectivity index (χ0n) is 11.6. The maximum atomic E-state index is 5.79. The Morgan fingerprint density at radius 2 is 2.00 bits per heavy atom. The first-order chi connectivity index (χ1) is 7.92. The van der Waals surface area contributed by atoms with E-state index in [1.165, 1.54) is 5.69 Å². The van der Waals surface area contributed by atoms with Gasteiger partial charge in [0.1, 0.15) is 5.75 Å². The standard InChI is InChI=1S/C14H24N2O/c1-6-17-13-8-7-12(9-11(13)2)16(5)14(3,4)10-15/h7-9H,6,10,15H2,1-5H3. The minimum Gasteiger partial charge on any atom is -0.494 e. The zero-order valence-corrected chi connectivity index (χ0v) is 11.6. The van der Waals surface area contributed by atoms with Gasteiger partial charge in [-0.05, 0) is 51.5 Å². The molecule has 17 heavy (non-hydrogen) atoms. The highest BCUT2D eigenvalue weighted by Crippen LogP contribution is 2.27. The van der Waals surface area contributed by atoms with Gasteiger partial charge in [-0.25, -0.2) is 0 Å². The molecule has 0 saturated carbocycles. The average Bonchev–Trinajstić information content (AvgIpc) is 2.31. The first kappa shape index (κ1) is 13.8. The molecule has 0 aliphatic heterocycles. The highest BCUT2D eigenvalue weighted by Gasteiger charge is 2.22. The lowest BCUT2D eigenvalue weighted by Crippen LogP contribution is -2.47. The predicted octanol–water partition coefficient (Wildman–Crippen LogP) is 2.57. The summed E-state index contributed by atoms with van der Waals surface area (Å²) in [6.45, 7) is 9.66. The van der Waals surface area contributed by atoms with Gasteiger partial charge in [-0.15, -0.1) is 0 Å². The Balaban J connectivity index is 2.97. The first-order valence-electron chi connectivity index (χ1n) is 6.09. The molecule has 0 saturated heterocycles. The molecule has 0 radical (unpaired) electrons. The normalized spacial score (nSPS) is 11.4. The van der Waals surface area contributed by atoms with Crippen LogP contribution in [0, 0.1) is 6.92 Å². The molecule has 0 atom stereocenters. The first-order valence-corrected chi connectivity index (χ1v) is 6.09. The summed E-state index contributed by atoms with van der Waals surface area (Å²) in [6.07, 6.45) is 0. The van der Waals surface area contributed by atoms with Gasteiger partial charge in [-0.2, -0.15) is 0 Å². The third-order valence-corrected chi connectivity index (χ3v) is 3.25. The molecule has 0 unspecified atom stereocenters. The van der Waals surface area contributed by atoms with E-state index >= 15 is 0 Å². The molecule has 3 heteroatoms. The Morgan fingerprint density at radius 3 is 2.47 bits per heavy atom. The van der Waals surface area contributed by atoms with Gasteiger partial charge in [-0.1, -0.05) is 0 Å². The lowest BCUT2D eigenvalue weighted by molar-refractivity contribution is 0.338. The SMILES string of the molecule is CCOc1ccc(N(C)C(C)(C)CN)cc1C.